The van der Waals surface area contributed by atoms with Crippen LogP contribution in [0.1, 0.15) is 26.2 Å². The first-order chi connectivity index (χ1) is 8.09. The summed E-state index contributed by atoms with van der Waals surface area (Å²) in [5.74, 6) is 0.576. The van der Waals surface area contributed by atoms with Gasteiger partial charge < -0.3 is 20.1 Å². The van der Waals surface area contributed by atoms with Crippen LogP contribution >= 0.6 is 0 Å². The van der Waals surface area contributed by atoms with E-state index in [1.807, 2.05) is 4.90 Å². The van der Waals surface area contributed by atoms with Gasteiger partial charge >= 0.3 is 6.03 Å². The number of hydrogen-bond donors (Lipinski definition) is 2. The molecule has 2 rings (SSSR count). The summed E-state index contributed by atoms with van der Waals surface area (Å²) in [5.41, 5.74) is -0.864. The Balaban J connectivity index is 1.76. The average Bonchev–Trinajstić information content (AvgIpc) is 2.74. The molecule has 98 valence electrons. The van der Waals surface area contributed by atoms with Crippen molar-refractivity contribution in [3.63, 3.8) is 0 Å². The minimum absolute atomic E-state index is 0.0584. The molecule has 2 amide bonds. The minimum Gasteiger partial charge on any atom is -0.386 e. The molecule has 2 aliphatic heterocycles. The Morgan fingerprint density at radius 3 is 3.12 bits per heavy atom. The number of nitrogens with zero attached hydrogens (tertiary/aromatic N) is 1. The van der Waals surface area contributed by atoms with Crippen molar-refractivity contribution in [3.8, 4) is 0 Å². The number of carbonyl (C=O) groups excluding carboxylic acids is 1. The molecule has 0 aromatic carbocycles. The summed E-state index contributed by atoms with van der Waals surface area (Å²) in [5, 5.41) is 12.8. The highest BCUT2D eigenvalue weighted by atomic mass is 16.5. The van der Waals surface area contributed by atoms with E-state index in [1.165, 1.54) is 6.42 Å². The van der Waals surface area contributed by atoms with Crippen molar-refractivity contribution < 1.29 is 14.6 Å². The SMILES string of the molecule is CC1CCCN(C(=O)NCC2(O)CCOC2)C1. The summed E-state index contributed by atoms with van der Waals surface area (Å²) < 4.78 is 5.14. The summed E-state index contributed by atoms with van der Waals surface area (Å²) in [7, 11) is 0. The molecule has 0 bridgehead atoms. The standard InChI is InChI=1S/C12H22N2O3/c1-10-3-2-5-14(7-10)11(15)13-8-12(16)4-6-17-9-12/h10,16H,2-9H2,1H3,(H,13,15). The number of piperidine rings is 1. The molecule has 2 saturated heterocycles. The zero-order chi connectivity index (χ0) is 12.3. The number of nitrogens with one attached hydrogen (secondary N) is 1. The maximum atomic E-state index is 11.9. The van der Waals surface area contributed by atoms with Gasteiger partial charge in [-0.1, -0.05) is 6.92 Å². The molecule has 5 nitrogen and oxygen atoms in total. The van der Waals surface area contributed by atoms with Crippen molar-refractivity contribution in [1.82, 2.24) is 10.2 Å². The summed E-state index contributed by atoms with van der Waals surface area (Å²) in [6.45, 7) is 5.00. The second kappa shape index (κ2) is 5.23. The zero-order valence-electron chi connectivity index (χ0n) is 10.4. The predicted molar refractivity (Wildman–Crippen MR) is 63.8 cm³/mol. The first kappa shape index (κ1) is 12.6. The molecule has 17 heavy (non-hydrogen) atoms. The van der Waals surface area contributed by atoms with E-state index >= 15 is 0 Å². The van der Waals surface area contributed by atoms with Gasteiger partial charge in [-0.3, -0.25) is 0 Å². The number of ether oxygens (including phenoxy) is 1. The third-order valence-corrected chi connectivity index (χ3v) is 3.60. The second-order valence-electron chi connectivity index (χ2n) is 5.38. The first-order valence-corrected chi connectivity index (χ1v) is 6.42. The maximum absolute atomic E-state index is 11.9. The van der Waals surface area contributed by atoms with Crippen molar-refractivity contribution in [2.24, 2.45) is 5.92 Å². The van der Waals surface area contributed by atoms with Crippen LogP contribution in [0.25, 0.3) is 0 Å². The van der Waals surface area contributed by atoms with Crippen molar-refractivity contribution in [2.45, 2.75) is 31.8 Å². The van der Waals surface area contributed by atoms with Crippen LogP contribution in [0.4, 0.5) is 4.79 Å². The molecule has 2 atom stereocenters. The van der Waals surface area contributed by atoms with E-state index in [2.05, 4.69) is 12.2 Å². The van der Waals surface area contributed by atoms with Crippen molar-refractivity contribution in [3.05, 3.63) is 0 Å². The molecule has 0 spiro atoms. The molecule has 0 aromatic rings. The lowest BCUT2D eigenvalue weighted by molar-refractivity contribution is 0.0276. The maximum Gasteiger partial charge on any atom is 0.317 e. The second-order valence-corrected chi connectivity index (χ2v) is 5.38. The molecule has 0 radical (unpaired) electrons. The average molecular weight is 242 g/mol. The topological polar surface area (TPSA) is 61.8 Å². The fourth-order valence-corrected chi connectivity index (χ4v) is 2.46. The highest BCUT2D eigenvalue weighted by molar-refractivity contribution is 5.74. The van der Waals surface area contributed by atoms with Crippen molar-refractivity contribution in [1.29, 1.82) is 0 Å². The van der Waals surface area contributed by atoms with Crippen molar-refractivity contribution in [2.75, 3.05) is 32.8 Å². The van der Waals surface area contributed by atoms with Crippen LogP contribution in [0.3, 0.4) is 0 Å². The van der Waals surface area contributed by atoms with Gasteiger partial charge in [-0.2, -0.15) is 0 Å². The van der Waals surface area contributed by atoms with Gasteiger partial charge in [0.2, 0.25) is 0 Å². The number of carbonyl (C=O) groups is 1. The molecule has 0 aromatic heterocycles. The molecule has 2 heterocycles. The Morgan fingerprint density at radius 1 is 1.65 bits per heavy atom. The Labute approximate surface area is 102 Å². The Bertz CT molecular complexity index is 277. The van der Waals surface area contributed by atoms with Gasteiger partial charge in [-0.05, 0) is 18.8 Å². The van der Waals surface area contributed by atoms with Crippen LogP contribution in [0.2, 0.25) is 0 Å². The third kappa shape index (κ3) is 3.33. The van der Waals surface area contributed by atoms with E-state index in [0.29, 0.717) is 25.6 Å². The number of hydrogen-bond acceptors (Lipinski definition) is 3. The summed E-state index contributed by atoms with van der Waals surface area (Å²) in [4.78, 5) is 13.7. The van der Waals surface area contributed by atoms with Crippen LogP contribution < -0.4 is 5.32 Å². The van der Waals surface area contributed by atoms with Gasteiger partial charge in [-0.25, -0.2) is 4.79 Å². The predicted octanol–water partition coefficient (Wildman–Crippen LogP) is 0.579. The number of urea groups is 1. The van der Waals surface area contributed by atoms with E-state index in [0.717, 1.165) is 19.5 Å². The lowest BCUT2D eigenvalue weighted by Gasteiger charge is -2.32. The molecule has 2 N–H and O–H groups in total. The van der Waals surface area contributed by atoms with E-state index in [1.54, 1.807) is 0 Å². The van der Waals surface area contributed by atoms with Gasteiger partial charge in [0, 0.05) is 26.1 Å². The molecule has 0 aliphatic carbocycles. The van der Waals surface area contributed by atoms with Crippen LogP contribution in [0, 0.1) is 5.92 Å². The molecule has 2 aliphatic rings. The third-order valence-electron chi connectivity index (χ3n) is 3.60. The van der Waals surface area contributed by atoms with Crippen LogP contribution in [-0.4, -0.2) is 54.5 Å². The fraction of sp³-hybridized carbons (Fsp3) is 0.917. The van der Waals surface area contributed by atoms with Crippen molar-refractivity contribution >= 4 is 6.03 Å². The van der Waals surface area contributed by atoms with Gasteiger partial charge in [0.15, 0.2) is 0 Å². The van der Waals surface area contributed by atoms with Gasteiger partial charge in [0.1, 0.15) is 5.60 Å². The zero-order valence-corrected chi connectivity index (χ0v) is 10.4. The fourth-order valence-electron chi connectivity index (χ4n) is 2.46. The number of likely N-dealkylation sites (tertiary alicyclic amines) is 1. The quantitative estimate of drug-likeness (QED) is 0.744. The largest absolute Gasteiger partial charge is 0.386 e. The molecule has 0 saturated carbocycles. The molecular formula is C12H22N2O3. The summed E-state index contributed by atoms with van der Waals surface area (Å²) in [6, 6.07) is -0.0584. The summed E-state index contributed by atoms with van der Waals surface area (Å²) in [6.07, 6.45) is 2.87. The highest BCUT2D eigenvalue weighted by Crippen LogP contribution is 2.18. The highest BCUT2D eigenvalue weighted by Gasteiger charge is 2.33. The van der Waals surface area contributed by atoms with E-state index in [9.17, 15) is 9.90 Å². The number of aliphatic hydroxyl groups is 1. The molecule has 5 heteroatoms. The minimum atomic E-state index is -0.864. The molecule has 2 fully saturated rings. The van der Waals surface area contributed by atoms with Gasteiger partial charge in [-0.15, -0.1) is 0 Å². The molecule has 2 unspecified atom stereocenters. The molecular weight excluding hydrogens is 220 g/mol. The smallest absolute Gasteiger partial charge is 0.317 e. The van der Waals surface area contributed by atoms with Gasteiger partial charge in [0.25, 0.3) is 0 Å². The van der Waals surface area contributed by atoms with Crippen LogP contribution in [0.5, 0.6) is 0 Å². The summed E-state index contributed by atoms with van der Waals surface area (Å²) >= 11 is 0. The van der Waals surface area contributed by atoms with E-state index in [4.69, 9.17) is 4.74 Å². The van der Waals surface area contributed by atoms with E-state index in [-0.39, 0.29) is 12.6 Å². The van der Waals surface area contributed by atoms with Crippen LogP contribution in [0.15, 0.2) is 0 Å². The first-order valence-electron chi connectivity index (χ1n) is 6.42. The lowest BCUT2D eigenvalue weighted by atomic mass is 10.0. The lowest BCUT2D eigenvalue weighted by Crippen LogP contribution is -2.50. The van der Waals surface area contributed by atoms with Gasteiger partial charge in [0.05, 0.1) is 13.2 Å². The number of rotatable bonds is 2. The van der Waals surface area contributed by atoms with Crippen LogP contribution in [-0.2, 0) is 4.74 Å². The Morgan fingerprint density at radius 2 is 2.47 bits per heavy atom. The normalized spacial score (nSPS) is 33.8. The monoisotopic (exact) mass is 242 g/mol. The van der Waals surface area contributed by atoms with E-state index < -0.39 is 5.60 Å². The Hall–Kier alpha value is -0.810. The number of amides is 2. The Kier molecular flexibility index (Phi) is 3.89.